The highest BCUT2D eigenvalue weighted by Gasteiger charge is 2.28. The first kappa shape index (κ1) is 10.0. The molecule has 0 spiro atoms. The Kier molecular flexibility index (Phi) is 4.05. The van der Waals surface area contributed by atoms with Crippen LogP contribution < -0.4 is 0 Å². The summed E-state index contributed by atoms with van der Waals surface area (Å²) in [5.74, 6) is 0.229. The first-order valence-corrected chi connectivity index (χ1v) is 3.30. The normalized spacial score (nSPS) is 12.6. The second kappa shape index (κ2) is 4.03. The molecule has 0 aliphatic rings. The molecule has 0 aliphatic heterocycles. The lowest BCUT2D eigenvalue weighted by Gasteiger charge is -2.16. The van der Waals surface area contributed by atoms with Crippen LogP contribution in [-0.4, -0.2) is 37.1 Å². The van der Waals surface area contributed by atoms with Crippen molar-refractivity contribution in [3.8, 4) is 0 Å². The molecule has 0 heterocycles. The summed E-state index contributed by atoms with van der Waals surface area (Å²) in [6, 6.07) is 0. The summed E-state index contributed by atoms with van der Waals surface area (Å²) >= 11 is 5.22. The predicted octanol–water partition coefficient (Wildman–Crippen LogP) is 1.72. The van der Waals surface area contributed by atoms with Crippen LogP contribution in [0.15, 0.2) is 0 Å². The zero-order chi connectivity index (χ0) is 8.20. The van der Waals surface area contributed by atoms with Gasteiger partial charge in [-0.15, -0.1) is 11.6 Å². The summed E-state index contributed by atoms with van der Waals surface area (Å²) in [5, 5.41) is 0. The molecular formula is C5H9ClF3N. The van der Waals surface area contributed by atoms with Crippen LogP contribution in [0.3, 0.4) is 0 Å². The molecule has 62 valence electrons. The first-order valence-electron chi connectivity index (χ1n) is 2.77. The number of alkyl halides is 4. The van der Waals surface area contributed by atoms with E-state index in [9.17, 15) is 13.2 Å². The Hall–Kier alpha value is 0.0400. The predicted molar refractivity (Wildman–Crippen MR) is 34.3 cm³/mol. The fourth-order valence-corrected chi connectivity index (χ4v) is 0.818. The quantitative estimate of drug-likeness (QED) is 0.591. The van der Waals surface area contributed by atoms with Crippen molar-refractivity contribution in [3.05, 3.63) is 0 Å². The summed E-state index contributed by atoms with van der Waals surface area (Å²) in [4.78, 5) is 1.13. The third-order valence-corrected chi connectivity index (χ3v) is 1.08. The molecule has 0 aromatic carbocycles. The van der Waals surface area contributed by atoms with Crippen molar-refractivity contribution >= 4 is 11.6 Å². The average molecular weight is 176 g/mol. The van der Waals surface area contributed by atoms with Gasteiger partial charge in [-0.25, -0.2) is 0 Å². The van der Waals surface area contributed by atoms with Gasteiger partial charge in [-0.05, 0) is 7.05 Å². The van der Waals surface area contributed by atoms with E-state index in [2.05, 4.69) is 0 Å². The van der Waals surface area contributed by atoms with Crippen molar-refractivity contribution in [1.82, 2.24) is 4.90 Å². The van der Waals surface area contributed by atoms with E-state index >= 15 is 0 Å². The molecule has 0 rings (SSSR count). The Bertz CT molecular complexity index is 93.4. The molecule has 0 amide bonds. The maximum atomic E-state index is 11.5. The van der Waals surface area contributed by atoms with Gasteiger partial charge in [-0.1, -0.05) is 0 Å². The van der Waals surface area contributed by atoms with Gasteiger partial charge in [0.15, 0.2) is 0 Å². The van der Waals surface area contributed by atoms with Gasteiger partial charge in [0.05, 0.1) is 6.54 Å². The molecule has 0 atom stereocenters. The van der Waals surface area contributed by atoms with Gasteiger partial charge in [0.2, 0.25) is 0 Å². The molecule has 0 saturated carbocycles. The standard InChI is InChI=1S/C5H9ClF3N/c1-10(3-2-6)4-5(7,8)9/h2-4H2,1H3. The highest BCUT2D eigenvalue weighted by molar-refractivity contribution is 6.18. The summed E-state index contributed by atoms with van der Waals surface area (Å²) in [5.41, 5.74) is 0. The molecule has 0 unspecified atom stereocenters. The molecule has 0 fully saturated rings. The van der Waals surface area contributed by atoms with Gasteiger partial charge in [0.25, 0.3) is 0 Å². The Balaban J connectivity index is 3.47. The van der Waals surface area contributed by atoms with E-state index in [0.29, 0.717) is 0 Å². The number of nitrogens with zero attached hydrogens (tertiary/aromatic N) is 1. The van der Waals surface area contributed by atoms with Crippen LogP contribution in [0.1, 0.15) is 0 Å². The van der Waals surface area contributed by atoms with Crippen molar-refractivity contribution in [1.29, 1.82) is 0 Å². The fourth-order valence-electron chi connectivity index (χ4n) is 0.529. The monoisotopic (exact) mass is 175 g/mol. The first-order chi connectivity index (χ1) is 4.45. The summed E-state index contributed by atoms with van der Waals surface area (Å²) < 4.78 is 34.6. The summed E-state index contributed by atoms with van der Waals surface area (Å²) in [6.45, 7) is -0.624. The topological polar surface area (TPSA) is 3.24 Å². The maximum Gasteiger partial charge on any atom is 0.401 e. The molecule has 0 aromatic heterocycles. The average Bonchev–Trinajstić information content (AvgIpc) is 1.59. The van der Waals surface area contributed by atoms with E-state index in [1.807, 2.05) is 0 Å². The van der Waals surface area contributed by atoms with Gasteiger partial charge in [-0.2, -0.15) is 13.2 Å². The van der Waals surface area contributed by atoms with E-state index in [4.69, 9.17) is 11.6 Å². The number of hydrogen-bond donors (Lipinski definition) is 0. The minimum Gasteiger partial charge on any atom is -0.297 e. The largest absolute Gasteiger partial charge is 0.401 e. The lowest BCUT2D eigenvalue weighted by atomic mass is 10.5. The van der Waals surface area contributed by atoms with Crippen LogP contribution in [0.4, 0.5) is 13.2 Å². The smallest absolute Gasteiger partial charge is 0.297 e. The zero-order valence-electron chi connectivity index (χ0n) is 5.58. The van der Waals surface area contributed by atoms with E-state index in [-0.39, 0.29) is 12.4 Å². The molecule has 5 heteroatoms. The van der Waals surface area contributed by atoms with Crippen molar-refractivity contribution in [2.75, 3.05) is 26.0 Å². The molecule has 0 aliphatic carbocycles. The lowest BCUT2D eigenvalue weighted by Crippen LogP contribution is -2.32. The van der Waals surface area contributed by atoms with Crippen molar-refractivity contribution in [3.63, 3.8) is 0 Å². The third-order valence-electron chi connectivity index (χ3n) is 0.915. The second-order valence-corrected chi connectivity index (χ2v) is 2.42. The molecular weight excluding hydrogens is 167 g/mol. The number of hydrogen-bond acceptors (Lipinski definition) is 1. The minimum atomic E-state index is -4.11. The summed E-state index contributed by atoms with van der Waals surface area (Å²) in [7, 11) is 1.38. The third kappa shape index (κ3) is 6.16. The zero-order valence-corrected chi connectivity index (χ0v) is 6.34. The van der Waals surface area contributed by atoms with Crippen LogP contribution in [0.25, 0.3) is 0 Å². The van der Waals surface area contributed by atoms with Crippen LogP contribution in [0.5, 0.6) is 0 Å². The van der Waals surface area contributed by atoms with E-state index < -0.39 is 12.7 Å². The van der Waals surface area contributed by atoms with Crippen molar-refractivity contribution in [2.24, 2.45) is 0 Å². The van der Waals surface area contributed by atoms with Gasteiger partial charge in [0.1, 0.15) is 0 Å². The minimum absolute atomic E-state index is 0.229. The van der Waals surface area contributed by atoms with Crippen LogP contribution in [0, 0.1) is 0 Å². The highest BCUT2D eigenvalue weighted by Crippen LogP contribution is 2.15. The molecule has 1 nitrogen and oxygen atoms in total. The van der Waals surface area contributed by atoms with Crippen molar-refractivity contribution in [2.45, 2.75) is 6.18 Å². The Labute approximate surface area is 62.8 Å². The maximum absolute atomic E-state index is 11.5. The van der Waals surface area contributed by atoms with E-state index in [1.54, 1.807) is 0 Å². The lowest BCUT2D eigenvalue weighted by molar-refractivity contribution is -0.142. The van der Waals surface area contributed by atoms with Crippen LogP contribution >= 0.6 is 11.6 Å². The number of rotatable bonds is 3. The highest BCUT2D eigenvalue weighted by atomic mass is 35.5. The molecule has 0 bridgehead atoms. The Morgan fingerprint density at radius 1 is 1.40 bits per heavy atom. The fraction of sp³-hybridized carbons (Fsp3) is 1.00. The van der Waals surface area contributed by atoms with E-state index in [0.717, 1.165) is 4.90 Å². The Morgan fingerprint density at radius 2 is 1.90 bits per heavy atom. The van der Waals surface area contributed by atoms with E-state index in [1.165, 1.54) is 7.05 Å². The molecule has 0 N–H and O–H groups in total. The molecule has 0 saturated heterocycles. The molecule has 10 heavy (non-hydrogen) atoms. The van der Waals surface area contributed by atoms with Crippen LogP contribution in [0.2, 0.25) is 0 Å². The van der Waals surface area contributed by atoms with Gasteiger partial charge in [0, 0.05) is 12.4 Å². The SMILES string of the molecule is CN(CCCl)CC(F)(F)F. The molecule has 0 aromatic rings. The van der Waals surface area contributed by atoms with Crippen LogP contribution in [-0.2, 0) is 0 Å². The summed E-state index contributed by atoms with van der Waals surface area (Å²) in [6.07, 6.45) is -4.11. The van der Waals surface area contributed by atoms with Crippen molar-refractivity contribution < 1.29 is 13.2 Å². The second-order valence-electron chi connectivity index (χ2n) is 2.04. The molecule has 0 radical (unpaired) electrons. The Morgan fingerprint density at radius 3 is 2.20 bits per heavy atom. The van der Waals surface area contributed by atoms with Gasteiger partial charge < -0.3 is 0 Å². The van der Waals surface area contributed by atoms with Gasteiger partial charge in [-0.3, -0.25) is 4.90 Å². The van der Waals surface area contributed by atoms with Gasteiger partial charge >= 0.3 is 6.18 Å². The number of halogens is 4.